The van der Waals surface area contributed by atoms with Crippen molar-refractivity contribution >= 4 is 60.5 Å². The maximum atomic E-state index is 6.81. The highest BCUT2D eigenvalue weighted by Gasteiger charge is 2.30. The molecule has 1 aliphatic rings. The summed E-state index contributed by atoms with van der Waals surface area (Å²) in [5.74, 6) is 0.280. The van der Waals surface area contributed by atoms with E-state index in [1.54, 1.807) is 0 Å². The van der Waals surface area contributed by atoms with Crippen molar-refractivity contribution in [2.45, 2.75) is 25.2 Å². The summed E-state index contributed by atoms with van der Waals surface area (Å²) >= 11 is 0. The van der Waals surface area contributed by atoms with E-state index >= 15 is 0 Å². The second-order valence-corrected chi connectivity index (χ2v) is 16.7. The molecule has 0 amide bonds. The molecule has 1 aliphatic carbocycles. The van der Waals surface area contributed by atoms with Crippen LogP contribution in [0.4, 0.5) is 17.1 Å². The van der Waals surface area contributed by atoms with Crippen LogP contribution in [-0.4, -0.2) is 0 Å². The lowest BCUT2D eigenvalue weighted by molar-refractivity contribution is 0.627. The molecule has 1 heterocycles. The van der Waals surface area contributed by atoms with Gasteiger partial charge in [-0.25, -0.2) is 0 Å². The van der Waals surface area contributed by atoms with Crippen molar-refractivity contribution in [2.24, 2.45) is 0 Å². The van der Waals surface area contributed by atoms with Gasteiger partial charge in [-0.15, -0.1) is 0 Å². The SMILES string of the molecule is c1ccc(CC2CCc3cc4oc5ccccc5c4c(-c4cc5ccccc5c5ccccc45)c3-c3ccc(N(c4ccccc4)c4ccc(-c5ccccc5)cc4)cc32)cc1. The monoisotopic (exact) mass is 793 g/mol. The van der Waals surface area contributed by atoms with Gasteiger partial charge in [0.2, 0.25) is 0 Å². The van der Waals surface area contributed by atoms with E-state index in [1.807, 2.05) is 0 Å². The first-order valence-corrected chi connectivity index (χ1v) is 21.8. The molecule has 12 rings (SSSR count). The van der Waals surface area contributed by atoms with Gasteiger partial charge in [-0.2, -0.15) is 0 Å². The zero-order valence-corrected chi connectivity index (χ0v) is 34.3. The Balaban J connectivity index is 1.14. The minimum absolute atomic E-state index is 0.280. The van der Waals surface area contributed by atoms with Gasteiger partial charge in [0.25, 0.3) is 0 Å². The van der Waals surface area contributed by atoms with Crippen LogP contribution in [-0.2, 0) is 12.8 Å². The molecule has 2 nitrogen and oxygen atoms in total. The second kappa shape index (κ2) is 15.1. The maximum absolute atomic E-state index is 6.81. The summed E-state index contributed by atoms with van der Waals surface area (Å²) in [6.45, 7) is 0. The Morgan fingerprint density at radius 1 is 0.435 bits per heavy atom. The molecule has 62 heavy (non-hydrogen) atoms. The van der Waals surface area contributed by atoms with Crippen molar-refractivity contribution in [1.29, 1.82) is 0 Å². The van der Waals surface area contributed by atoms with Gasteiger partial charge in [-0.3, -0.25) is 0 Å². The van der Waals surface area contributed by atoms with Gasteiger partial charge in [0.1, 0.15) is 11.2 Å². The highest BCUT2D eigenvalue weighted by molar-refractivity contribution is 6.23. The molecule has 0 fully saturated rings. The number of anilines is 3. The highest BCUT2D eigenvalue weighted by Crippen LogP contribution is 2.52. The van der Waals surface area contributed by atoms with Gasteiger partial charge >= 0.3 is 0 Å². The molecule has 0 saturated carbocycles. The molecule has 0 spiro atoms. The molecular weight excluding hydrogens is 751 g/mol. The normalized spacial score (nSPS) is 13.6. The van der Waals surface area contributed by atoms with Crippen LogP contribution in [0.3, 0.4) is 0 Å². The van der Waals surface area contributed by atoms with E-state index < -0.39 is 0 Å². The average molecular weight is 794 g/mol. The fraction of sp³-hybridized carbons (Fsp3) is 0.0667. The number of fused-ring (bicyclic) bond motifs is 9. The van der Waals surface area contributed by atoms with Crippen LogP contribution >= 0.6 is 0 Å². The predicted octanol–water partition coefficient (Wildman–Crippen LogP) is 16.6. The number of nitrogens with zero attached hydrogens (tertiary/aromatic N) is 1. The smallest absolute Gasteiger partial charge is 0.136 e. The molecule has 1 aromatic heterocycles. The summed E-state index contributed by atoms with van der Waals surface area (Å²) in [6, 6.07) is 80.0. The first-order valence-electron chi connectivity index (χ1n) is 21.8. The van der Waals surface area contributed by atoms with Crippen LogP contribution in [0, 0.1) is 0 Å². The van der Waals surface area contributed by atoms with Crippen molar-refractivity contribution in [1.82, 2.24) is 0 Å². The zero-order valence-electron chi connectivity index (χ0n) is 34.3. The van der Waals surface area contributed by atoms with Crippen LogP contribution in [0.1, 0.15) is 29.0 Å². The van der Waals surface area contributed by atoms with Gasteiger partial charge in [0.05, 0.1) is 0 Å². The van der Waals surface area contributed by atoms with E-state index in [4.69, 9.17) is 4.42 Å². The fourth-order valence-electron chi connectivity index (χ4n) is 10.3. The Bertz CT molecular complexity index is 3420. The van der Waals surface area contributed by atoms with Crippen molar-refractivity contribution < 1.29 is 4.42 Å². The van der Waals surface area contributed by atoms with E-state index in [0.29, 0.717) is 0 Å². The van der Waals surface area contributed by atoms with Crippen molar-refractivity contribution in [2.75, 3.05) is 4.90 Å². The minimum atomic E-state index is 0.280. The molecule has 10 aromatic carbocycles. The third-order valence-electron chi connectivity index (χ3n) is 13.1. The van der Waals surface area contributed by atoms with Crippen LogP contribution in [0.2, 0.25) is 0 Å². The summed E-state index contributed by atoms with van der Waals surface area (Å²) in [5.41, 5.74) is 16.9. The molecule has 0 saturated heterocycles. The molecule has 0 bridgehead atoms. The van der Waals surface area contributed by atoms with Crippen LogP contribution in [0.5, 0.6) is 0 Å². The van der Waals surface area contributed by atoms with Gasteiger partial charge < -0.3 is 9.32 Å². The van der Waals surface area contributed by atoms with Gasteiger partial charge in [0, 0.05) is 33.4 Å². The number of benzene rings is 10. The number of hydrogen-bond acceptors (Lipinski definition) is 2. The predicted molar refractivity (Wildman–Crippen MR) is 261 cm³/mol. The molecule has 0 radical (unpaired) electrons. The molecule has 1 unspecified atom stereocenters. The number of furan rings is 1. The molecule has 294 valence electrons. The van der Waals surface area contributed by atoms with Gasteiger partial charge in [-0.05, 0) is 146 Å². The second-order valence-electron chi connectivity index (χ2n) is 16.7. The van der Waals surface area contributed by atoms with Crippen LogP contribution in [0.25, 0.3) is 76.9 Å². The van der Waals surface area contributed by atoms with Gasteiger partial charge in [-0.1, -0.05) is 164 Å². The summed E-state index contributed by atoms with van der Waals surface area (Å²) in [7, 11) is 0. The number of rotatable bonds is 7. The number of hydrogen-bond donors (Lipinski definition) is 0. The quantitative estimate of drug-likeness (QED) is 0.149. The number of para-hydroxylation sites is 2. The lowest BCUT2D eigenvalue weighted by atomic mass is 9.82. The third kappa shape index (κ3) is 6.18. The van der Waals surface area contributed by atoms with Crippen molar-refractivity contribution in [3.63, 3.8) is 0 Å². The van der Waals surface area contributed by atoms with Crippen LogP contribution < -0.4 is 4.90 Å². The Kier molecular flexibility index (Phi) is 8.81. The first kappa shape index (κ1) is 36.2. The minimum Gasteiger partial charge on any atom is -0.456 e. The Labute approximate surface area is 362 Å². The summed E-state index contributed by atoms with van der Waals surface area (Å²) in [4.78, 5) is 2.42. The lowest BCUT2D eigenvalue weighted by Crippen LogP contribution is -2.12. The van der Waals surface area contributed by atoms with E-state index in [-0.39, 0.29) is 5.92 Å². The summed E-state index contributed by atoms with van der Waals surface area (Å²) in [5, 5.41) is 7.36. The fourth-order valence-corrected chi connectivity index (χ4v) is 10.3. The van der Waals surface area contributed by atoms with E-state index in [9.17, 15) is 0 Å². The highest BCUT2D eigenvalue weighted by atomic mass is 16.3. The lowest BCUT2D eigenvalue weighted by Gasteiger charge is -2.28. The molecule has 0 N–H and O–H groups in total. The zero-order chi connectivity index (χ0) is 41.0. The molecule has 1 atom stereocenters. The van der Waals surface area contributed by atoms with E-state index in [2.05, 4.69) is 223 Å². The van der Waals surface area contributed by atoms with E-state index in [0.717, 1.165) is 52.9 Å². The summed E-state index contributed by atoms with van der Waals surface area (Å²) < 4.78 is 6.81. The van der Waals surface area contributed by atoms with E-state index in [1.165, 1.54) is 77.0 Å². The largest absolute Gasteiger partial charge is 0.456 e. The number of aryl methyl sites for hydroxylation is 1. The molecule has 0 aliphatic heterocycles. The third-order valence-corrected chi connectivity index (χ3v) is 13.1. The van der Waals surface area contributed by atoms with Crippen molar-refractivity contribution in [3.05, 3.63) is 235 Å². The van der Waals surface area contributed by atoms with Gasteiger partial charge in [0.15, 0.2) is 0 Å². The van der Waals surface area contributed by atoms with Crippen molar-refractivity contribution in [3.8, 4) is 33.4 Å². The standard InChI is InChI=1S/C60H43NO/c1-4-16-40(17-5-1)36-44-28-29-45-38-57-59(53-26-14-15-27-56(53)62-57)60(55-37-43-20-10-11-23-49(43)50-24-12-13-25-51(50)55)58(45)52-35-34-48(39-54(44)52)61(46-21-8-3-9-22-46)47-32-30-42(31-33-47)41-18-6-2-7-19-41/h1-27,30-35,37-39,44H,28-29,36H2. The van der Waals surface area contributed by atoms with Crippen LogP contribution in [0.15, 0.2) is 223 Å². The summed E-state index contributed by atoms with van der Waals surface area (Å²) in [6.07, 6.45) is 2.90. The maximum Gasteiger partial charge on any atom is 0.136 e. The molecule has 2 heteroatoms. The first-order chi connectivity index (χ1) is 30.7. The Hall–Kier alpha value is -7.68. The average Bonchev–Trinajstić information content (AvgIpc) is 3.64. The topological polar surface area (TPSA) is 16.4 Å². The molecular formula is C60H43NO. The Morgan fingerprint density at radius 2 is 1.05 bits per heavy atom. The Morgan fingerprint density at radius 3 is 1.84 bits per heavy atom. The molecule has 11 aromatic rings.